The third-order valence-electron chi connectivity index (χ3n) is 0.724. The van der Waals surface area contributed by atoms with E-state index in [2.05, 4.69) is 30.3 Å². The van der Waals surface area contributed by atoms with E-state index in [1.807, 2.05) is 0 Å². The SMILES string of the molecule is CC(C)(C)NC[CH]=[Ta]. The Hall–Kier alpha value is 0.570. The molecule has 1 N–H and O–H groups in total. The van der Waals surface area contributed by atoms with E-state index < -0.39 is 0 Å². The van der Waals surface area contributed by atoms with Crippen LogP contribution in [0.2, 0.25) is 0 Å². The fraction of sp³-hybridized carbons (Fsp3) is 0.833. The first-order valence-corrected chi connectivity index (χ1v) is 4.63. The van der Waals surface area contributed by atoms with Crippen molar-refractivity contribution in [1.29, 1.82) is 0 Å². The molecular weight excluding hydrogens is 267 g/mol. The summed E-state index contributed by atoms with van der Waals surface area (Å²) in [6.07, 6.45) is 0. The van der Waals surface area contributed by atoms with E-state index in [9.17, 15) is 0 Å². The molecule has 0 amide bonds. The molecule has 0 saturated carbocycles. The molecule has 47 valence electrons. The molecule has 0 aromatic rings. The van der Waals surface area contributed by atoms with Crippen LogP contribution in [0, 0.1) is 0 Å². The van der Waals surface area contributed by atoms with Crippen LogP contribution in [0.5, 0.6) is 0 Å². The summed E-state index contributed by atoms with van der Waals surface area (Å²) in [6.45, 7) is 7.58. The molecule has 0 rings (SSSR count). The molecule has 0 fully saturated rings. The quantitative estimate of drug-likeness (QED) is 0.786. The molecule has 0 radical (unpaired) electrons. The van der Waals surface area contributed by atoms with Crippen LogP contribution in [0.1, 0.15) is 20.8 Å². The van der Waals surface area contributed by atoms with Gasteiger partial charge in [-0.05, 0) is 0 Å². The molecule has 2 heteroatoms. The minimum atomic E-state index is 0.288. The van der Waals surface area contributed by atoms with E-state index in [0.717, 1.165) is 6.54 Å². The van der Waals surface area contributed by atoms with Crippen LogP contribution in [-0.2, 0) is 20.6 Å². The van der Waals surface area contributed by atoms with Gasteiger partial charge in [0.15, 0.2) is 0 Å². The number of hydrogen-bond donors (Lipinski definition) is 1. The second-order valence-electron chi connectivity index (χ2n) is 2.81. The van der Waals surface area contributed by atoms with E-state index in [-0.39, 0.29) is 5.54 Å². The van der Waals surface area contributed by atoms with Gasteiger partial charge in [0.2, 0.25) is 0 Å². The van der Waals surface area contributed by atoms with Gasteiger partial charge < -0.3 is 0 Å². The fourth-order valence-electron chi connectivity index (χ4n) is 0.352. The van der Waals surface area contributed by atoms with Crippen LogP contribution in [0.15, 0.2) is 0 Å². The van der Waals surface area contributed by atoms with Gasteiger partial charge in [-0.15, -0.1) is 0 Å². The zero-order chi connectivity index (χ0) is 6.62. The maximum atomic E-state index is 3.34. The second-order valence-corrected chi connectivity index (χ2v) is 4.13. The summed E-state index contributed by atoms with van der Waals surface area (Å²) in [4.78, 5) is 0. The minimum absolute atomic E-state index is 0.288. The van der Waals surface area contributed by atoms with Gasteiger partial charge in [-0.1, -0.05) is 0 Å². The normalized spacial score (nSPS) is 11.2. The molecular formula is C6H13NTa. The molecule has 0 heterocycles. The van der Waals surface area contributed by atoms with Crippen molar-refractivity contribution in [2.45, 2.75) is 26.3 Å². The zero-order valence-corrected chi connectivity index (χ0v) is 8.95. The summed E-state index contributed by atoms with van der Waals surface area (Å²) in [5, 5.41) is 3.34. The van der Waals surface area contributed by atoms with Crippen LogP contribution < -0.4 is 5.32 Å². The summed E-state index contributed by atoms with van der Waals surface area (Å²) < 4.78 is 2.23. The van der Waals surface area contributed by atoms with Gasteiger partial charge >= 0.3 is 63.0 Å². The van der Waals surface area contributed by atoms with Gasteiger partial charge in [0.1, 0.15) is 0 Å². The van der Waals surface area contributed by atoms with Crippen molar-refractivity contribution < 1.29 is 20.6 Å². The average molecular weight is 280 g/mol. The Morgan fingerprint density at radius 3 is 2.12 bits per heavy atom. The standard InChI is InChI=1S/C6H13N.Ta/c1-5-7-6(2,3)4;/h1,7H,5H2,2-4H3;. The number of rotatable bonds is 2. The first kappa shape index (κ1) is 8.57. The van der Waals surface area contributed by atoms with E-state index in [0.29, 0.717) is 0 Å². The van der Waals surface area contributed by atoms with Crippen LogP contribution in [-0.4, -0.2) is 16.3 Å². The van der Waals surface area contributed by atoms with Gasteiger partial charge in [-0.3, -0.25) is 0 Å². The third kappa shape index (κ3) is 6.57. The van der Waals surface area contributed by atoms with Gasteiger partial charge in [0.25, 0.3) is 0 Å². The summed E-state index contributed by atoms with van der Waals surface area (Å²) >= 11 is 1.37. The van der Waals surface area contributed by atoms with Crippen LogP contribution in [0.25, 0.3) is 0 Å². The molecule has 0 aliphatic rings. The van der Waals surface area contributed by atoms with E-state index >= 15 is 0 Å². The molecule has 8 heavy (non-hydrogen) atoms. The summed E-state index contributed by atoms with van der Waals surface area (Å²) in [5.74, 6) is 0. The summed E-state index contributed by atoms with van der Waals surface area (Å²) in [7, 11) is 0. The Labute approximate surface area is 63.3 Å². The third-order valence-corrected chi connectivity index (χ3v) is 1.38. The first-order chi connectivity index (χ1) is 3.56. The van der Waals surface area contributed by atoms with Crippen molar-refractivity contribution in [3.05, 3.63) is 0 Å². The Morgan fingerprint density at radius 1 is 1.50 bits per heavy atom. The average Bonchev–Trinajstić information content (AvgIpc) is 1.59. The maximum absolute atomic E-state index is 3.34. The Bertz CT molecular complexity index is 73.1. The van der Waals surface area contributed by atoms with Gasteiger partial charge in [-0.2, -0.15) is 0 Å². The summed E-state index contributed by atoms with van der Waals surface area (Å²) in [5.41, 5.74) is 0.288. The molecule has 0 saturated heterocycles. The summed E-state index contributed by atoms with van der Waals surface area (Å²) in [6, 6.07) is 0. The van der Waals surface area contributed by atoms with Crippen LogP contribution in [0.3, 0.4) is 0 Å². The van der Waals surface area contributed by atoms with Crippen LogP contribution in [0.4, 0.5) is 0 Å². The van der Waals surface area contributed by atoms with Crippen molar-refractivity contribution in [3.8, 4) is 0 Å². The Balaban J connectivity index is 3.24. The molecule has 0 atom stereocenters. The van der Waals surface area contributed by atoms with E-state index in [1.165, 1.54) is 20.6 Å². The van der Waals surface area contributed by atoms with Crippen molar-refractivity contribution in [3.63, 3.8) is 0 Å². The molecule has 0 aromatic heterocycles. The predicted molar refractivity (Wildman–Crippen MR) is 33.8 cm³/mol. The van der Waals surface area contributed by atoms with Crippen molar-refractivity contribution in [2.24, 2.45) is 0 Å². The number of nitrogens with one attached hydrogen (secondary N) is 1. The fourth-order valence-corrected chi connectivity index (χ4v) is 0.680. The first-order valence-electron chi connectivity index (χ1n) is 2.77. The van der Waals surface area contributed by atoms with E-state index in [1.54, 1.807) is 0 Å². The van der Waals surface area contributed by atoms with Gasteiger partial charge in [-0.25, -0.2) is 0 Å². The van der Waals surface area contributed by atoms with Gasteiger partial charge in [0, 0.05) is 0 Å². The second kappa shape index (κ2) is 3.57. The Kier molecular flexibility index (Phi) is 3.82. The molecule has 0 unspecified atom stereocenters. The zero-order valence-electron chi connectivity index (χ0n) is 5.73. The van der Waals surface area contributed by atoms with Crippen molar-refractivity contribution in [1.82, 2.24) is 5.32 Å². The topological polar surface area (TPSA) is 12.0 Å². The molecule has 0 aromatic carbocycles. The molecule has 0 aliphatic heterocycles. The van der Waals surface area contributed by atoms with Gasteiger partial charge in [0.05, 0.1) is 0 Å². The molecule has 0 bridgehead atoms. The monoisotopic (exact) mass is 280 g/mol. The molecule has 0 aliphatic carbocycles. The number of hydrogen-bond acceptors (Lipinski definition) is 1. The predicted octanol–water partition coefficient (Wildman–Crippen LogP) is 0.724. The van der Waals surface area contributed by atoms with Crippen molar-refractivity contribution in [2.75, 3.05) is 6.54 Å². The van der Waals surface area contributed by atoms with E-state index in [4.69, 9.17) is 0 Å². The molecule has 0 spiro atoms. The molecule has 1 nitrogen and oxygen atoms in total. The Morgan fingerprint density at radius 2 is 2.00 bits per heavy atom. The van der Waals surface area contributed by atoms with Crippen LogP contribution >= 0.6 is 0 Å². The van der Waals surface area contributed by atoms with Crippen molar-refractivity contribution >= 4 is 4.23 Å².